The molecule has 1 aliphatic heterocycles. The number of aromatic nitrogens is 2. The fourth-order valence-electron chi connectivity index (χ4n) is 4.09. The van der Waals surface area contributed by atoms with Crippen molar-refractivity contribution in [2.24, 2.45) is 0 Å². The van der Waals surface area contributed by atoms with Gasteiger partial charge in [0.25, 0.3) is 0 Å². The lowest BCUT2D eigenvalue weighted by Crippen LogP contribution is -2.45. The standard InChI is InChI=1S/C26H33F2N3O7/c1-2-3-4-5-9-16-36-25(35)30-20-14-15-29-24(34)31(20)23-26(27,28)22(19(17-32)37-23)38-21(33)13-12-18-10-7-6-8-11-18/h6-8,10-11,14-15,19,22-23,32H,2-5,9,12-13,16-17H2,1H3,(H,30,35)/t19-,22-,23-/m1/s1. The number of ether oxygens (including phenoxy) is 3. The second-order valence-corrected chi connectivity index (χ2v) is 8.94. The molecular weight excluding hydrogens is 504 g/mol. The molecule has 3 rings (SSSR count). The molecule has 1 amide bonds. The Morgan fingerprint density at radius 3 is 2.61 bits per heavy atom. The van der Waals surface area contributed by atoms with Crippen LogP contribution in [0, 0.1) is 0 Å². The lowest BCUT2D eigenvalue weighted by molar-refractivity contribution is -0.176. The van der Waals surface area contributed by atoms with E-state index in [1.807, 2.05) is 6.07 Å². The molecule has 208 valence electrons. The van der Waals surface area contributed by atoms with E-state index in [0.717, 1.165) is 43.5 Å². The molecular formula is C26H33F2N3O7. The van der Waals surface area contributed by atoms with Crippen molar-refractivity contribution in [3.63, 3.8) is 0 Å². The van der Waals surface area contributed by atoms with Crippen LogP contribution in [0.15, 0.2) is 47.4 Å². The summed E-state index contributed by atoms with van der Waals surface area (Å²) in [6, 6.07) is 10.1. The average Bonchev–Trinajstić information content (AvgIpc) is 3.14. The van der Waals surface area contributed by atoms with Gasteiger partial charge >= 0.3 is 23.7 Å². The minimum Gasteiger partial charge on any atom is -0.453 e. The number of aliphatic hydroxyl groups is 1. The van der Waals surface area contributed by atoms with Crippen molar-refractivity contribution in [2.75, 3.05) is 18.5 Å². The van der Waals surface area contributed by atoms with E-state index in [4.69, 9.17) is 14.2 Å². The number of carbonyl (C=O) groups is 2. The molecule has 10 nitrogen and oxygen atoms in total. The van der Waals surface area contributed by atoms with Crippen LogP contribution in [0.3, 0.4) is 0 Å². The zero-order valence-corrected chi connectivity index (χ0v) is 21.2. The summed E-state index contributed by atoms with van der Waals surface area (Å²) in [6.45, 7) is 1.30. The first-order valence-corrected chi connectivity index (χ1v) is 12.7. The van der Waals surface area contributed by atoms with E-state index in [2.05, 4.69) is 17.2 Å². The molecule has 38 heavy (non-hydrogen) atoms. The van der Waals surface area contributed by atoms with Gasteiger partial charge in [-0.2, -0.15) is 8.78 Å². The molecule has 1 aromatic heterocycles. The van der Waals surface area contributed by atoms with Gasteiger partial charge in [0, 0.05) is 12.6 Å². The number of carbonyl (C=O) groups excluding carboxylic acids is 2. The molecule has 0 unspecified atom stereocenters. The van der Waals surface area contributed by atoms with E-state index < -0.39 is 48.7 Å². The van der Waals surface area contributed by atoms with Crippen LogP contribution in [-0.4, -0.2) is 58.1 Å². The van der Waals surface area contributed by atoms with Crippen molar-refractivity contribution in [2.45, 2.75) is 76.2 Å². The van der Waals surface area contributed by atoms with Gasteiger partial charge < -0.3 is 19.3 Å². The minimum absolute atomic E-state index is 0.120. The molecule has 2 N–H and O–H groups in total. The Balaban J connectivity index is 1.69. The minimum atomic E-state index is -3.94. The number of nitrogens with one attached hydrogen (secondary N) is 1. The summed E-state index contributed by atoms with van der Waals surface area (Å²) in [5.41, 5.74) is -0.319. The van der Waals surface area contributed by atoms with Gasteiger partial charge in [-0.25, -0.2) is 19.1 Å². The molecule has 0 saturated carbocycles. The normalized spacial score (nSPS) is 20.2. The summed E-state index contributed by atoms with van der Waals surface area (Å²) in [4.78, 5) is 40.6. The number of benzene rings is 1. The monoisotopic (exact) mass is 537 g/mol. The number of halogens is 2. The van der Waals surface area contributed by atoms with Crippen molar-refractivity contribution in [1.82, 2.24) is 9.55 Å². The number of aryl methyl sites for hydroxylation is 1. The lowest BCUT2D eigenvalue weighted by Gasteiger charge is -2.25. The van der Waals surface area contributed by atoms with Gasteiger partial charge in [-0.3, -0.25) is 10.1 Å². The van der Waals surface area contributed by atoms with E-state index in [9.17, 15) is 19.5 Å². The summed E-state index contributed by atoms with van der Waals surface area (Å²) < 4.78 is 46.9. The highest BCUT2D eigenvalue weighted by Crippen LogP contribution is 2.44. The number of alkyl halides is 2. The third kappa shape index (κ3) is 7.57. The van der Waals surface area contributed by atoms with E-state index in [1.165, 1.54) is 0 Å². The molecule has 0 bridgehead atoms. The van der Waals surface area contributed by atoms with Crippen LogP contribution in [0.5, 0.6) is 0 Å². The van der Waals surface area contributed by atoms with Crippen LogP contribution >= 0.6 is 0 Å². The van der Waals surface area contributed by atoms with E-state index in [0.29, 0.717) is 11.0 Å². The van der Waals surface area contributed by atoms with Crippen molar-refractivity contribution in [3.05, 3.63) is 58.6 Å². The van der Waals surface area contributed by atoms with Crippen LogP contribution in [0.25, 0.3) is 0 Å². The van der Waals surface area contributed by atoms with Crippen molar-refractivity contribution in [3.8, 4) is 0 Å². The third-order valence-electron chi connectivity index (χ3n) is 6.08. The van der Waals surface area contributed by atoms with Crippen LogP contribution < -0.4 is 11.0 Å². The Hall–Kier alpha value is -3.38. The molecule has 0 aliphatic carbocycles. The molecule has 12 heteroatoms. The second kappa shape index (κ2) is 14.0. The number of esters is 1. The largest absolute Gasteiger partial charge is 0.453 e. The number of rotatable bonds is 13. The number of nitrogens with zero attached hydrogens (tertiary/aromatic N) is 2. The summed E-state index contributed by atoms with van der Waals surface area (Å²) in [7, 11) is 0. The first kappa shape index (κ1) is 29.2. The molecule has 1 saturated heterocycles. The Morgan fingerprint density at radius 2 is 1.89 bits per heavy atom. The molecule has 1 aliphatic rings. The lowest BCUT2D eigenvalue weighted by atomic mass is 10.1. The van der Waals surface area contributed by atoms with E-state index in [-0.39, 0.29) is 25.3 Å². The molecule has 3 atom stereocenters. The van der Waals surface area contributed by atoms with Gasteiger partial charge in [-0.1, -0.05) is 62.9 Å². The number of amides is 1. The Morgan fingerprint density at radius 1 is 1.16 bits per heavy atom. The third-order valence-corrected chi connectivity index (χ3v) is 6.08. The fourth-order valence-corrected chi connectivity index (χ4v) is 4.09. The SMILES string of the molecule is CCCCCCCOC(=O)Nc1ccnc(=O)n1[C@@H]1O[C@H](CO)[C@@H](OC(=O)CCc2ccccc2)C1(F)F. The summed E-state index contributed by atoms with van der Waals surface area (Å²) in [5, 5.41) is 11.9. The molecule has 1 fully saturated rings. The van der Waals surface area contributed by atoms with Crippen LogP contribution in [0.4, 0.5) is 19.4 Å². The Labute approximate surface area is 218 Å². The number of anilines is 1. The highest BCUT2D eigenvalue weighted by molar-refractivity contribution is 5.83. The predicted octanol–water partition coefficient (Wildman–Crippen LogP) is 3.83. The Bertz CT molecular complexity index is 1110. The first-order chi connectivity index (χ1) is 18.3. The van der Waals surface area contributed by atoms with Crippen LogP contribution in [0.1, 0.15) is 57.2 Å². The smallest absolute Gasteiger partial charge is 0.412 e. The van der Waals surface area contributed by atoms with Gasteiger partial charge in [0.05, 0.1) is 13.2 Å². The van der Waals surface area contributed by atoms with E-state index in [1.54, 1.807) is 24.3 Å². The number of aliphatic hydroxyl groups excluding tert-OH is 1. The topological polar surface area (TPSA) is 129 Å². The van der Waals surface area contributed by atoms with Crippen LogP contribution in [-0.2, 0) is 25.4 Å². The summed E-state index contributed by atoms with van der Waals surface area (Å²) in [5.74, 6) is -5.21. The van der Waals surface area contributed by atoms with Crippen molar-refractivity contribution in [1.29, 1.82) is 0 Å². The van der Waals surface area contributed by atoms with Gasteiger partial charge in [-0.15, -0.1) is 0 Å². The number of hydrogen-bond donors (Lipinski definition) is 2. The predicted molar refractivity (Wildman–Crippen MR) is 133 cm³/mol. The maximum atomic E-state index is 15.5. The first-order valence-electron chi connectivity index (χ1n) is 12.7. The summed E-state index contributed by atoms with van der Waals surface area (Å²) in [6.07, 6.45) is -1.26. The fraction of sp³-hybridized carbons (Fsp3) is 0.538. The molecule has 2 heterocycles. The van der Waals surface area contributed by atoms with E-state index >= 15 is 8.78 Å². The molecule has 0 spiro atoms. The maximum absolute atomic E-state index is 15.5. The van der Waals surface area contributed by atoms with Gasteiger partial charge in [0.2, 0.25) is 6.23 Å². The zero-order valence-electron chi connectivity index (χ0n) is 21.2. The van der Waals surface area contributed by atoms with Gasteiger partial charge in [0.1, 0.15) is 11.9 Å². The average molecular weight is 538 g/mol. The number of hydrogen-bond acceptors (Lipinski definition) is 8. The second-order valence-electron chi connectivity index (χ2n) is 8.94. The van der Waals surface area contributed by atoms with Crippen molar-refractivity contribution >= 4 is 17.9 Å². The maximum Gasteiger partial charge on any atom is 0.412 e. The highest BCUT2D eigenvalue weighted by Gasteiger charge is 2.62. The van der Waals surface area contributed by atoms with Crippen LogP contribution in [0.2, 0.25) is 0 Å². The molecule has 1 aromatic carbocycles. The molecule has 2 aromatic rings. The number of unbranched alkanes of at least 4 members (excludes halogenated alkanes) is 4. The molecule has 0 radical (unpaired) electrons. The van der Waals surface area contributed by atoms with Gasteiger partial charge in [-0.05, 0) is 24.5 Å². The quantitative estimate of drug-likeness (QED) is 0.291. The van der Waals surface area contributed by atoms with Crippen molar-refractivity contribution < 1.29 is 37.7 Å². The zero-order chi connectivity index (χ0) is 27.5. The van der Waals surface area contributed by atoms with Gasteiger partial charge in [0.15, 0.2) is 6.10 Å². The summed E-state index contributed by atoms with van der Waals surface area (Å²) >= 11 is 0. The highest BCUT2D eigenvalue weighted by atomic mass is 19.3. The Kier molecular flexibility index (Phi) is 10.7.